The number of anilines is 1. The maximum absolute atomic E-state index is 13.5. The minimum atomic E-state index is -0.248. The zero-order valence-corrected chi connectivity index (χ0v) is 10.3. The Kier molecular flexibility index (Phi) is 3.64. The Morgan fingerprint density at radius 3 is 2.71 bits per heavy atom. The number of aryl methyl sites for hydroxylation is 1. The van der Waals surface area contributed by atoms with Crippen LogP contribution in [-0.2, 0) is 6.54 Å². The first kappa shape index (κ1) is 11.9. The van der Waals surface area contributed by atoms with Gasteiger partial charge in [0.25, 0.3) is 0 Å². The van der Waals surface area contributed by atoms with Gasteiger partial charge in [-0.15, -0.1) is 0 Å². The minimum Gasteiger partial charge on any atom is -0.379 e. The maximum atomic E-state index is 13.5. The number of benzene rings is 2. The summed E-state index contributed by atoms with van der Waals surface area (Å²) in [5.74, 6) is -0.248. The molecule has 3 heteroatoms. The third kappa shape index (κ3) is 2.98. The lowest BCUT2D eigenvalue weighted by molar-refractivity contribution is 0.629. The minimum absolute atomic E-state index is 0.248. The van der Waals surface area contributed by atoms with Crippen molar-refractivity contribution in [1.29, 1.82) is 0 Å². The lowest BCUT2D eigenvalue weighted by Gasteiger charge is -2.09. The zero-order chi connectivity index (χ0) is 12.3. The van der Waals surface area contributed by atoms with Crippen LogP contribution < -0.4 is 5.32 Å². The summed E-state index contributed by atoms with van der Waals surface area (Å²) >= 11 is 6.03. The number of nitrogens with one attached hydrogen (secondary N) is 1. The molecular formula is C14H13ClFN. The van der Waals surface area contributed by atoms with E-state index in [-0.39, 0.29) is 5.82 Å². The molecule has 0 heterocycles. The Morgan fingerprint density at radius 2 is 1.94 bits per heavy atom. The summed E-state index contributed by atoms with van der Waals surface area (Å²) in [4.78, 5) is 0. The lowest BCUT2D eigenvalue weighted by Crippen LogP contribution is -2.02. The van der Waals surface area contributed by atoms with Gasteiger partial charge in [0.1, 0.15) is 5.82 Å². The highest BCUT2D eigenvalue weighted by atomic mass is 35.5. The normalized spacial score (nSPS) is 10.3. The SMILES string of the molecule is Cc1ccc(F)c(NCc2ccccc2Cl)c1. The molecule has 88 valence electrons. The molecule has 0 unspecified atom stereocenters. The van der Waals surface area contributed by atoms with Crippen molar-refractivity contribution in [2.45, 2.75) is 13.5 Å². The Bertz CT molecular complexity index is 525. The fourth-order valence-electron chi connectivity index (χ4n) is 1.61. The highest BCUT2D eigenvalue weighted by molar-refractivity contribution is 6.31. The molecule has 0 aliphatic carbocycles. The van der Waals surface area contributed by atoms with Gasteiger partial charge < -0.3 is 5.32 Å². The van der Waals surface area contributed by atoms with Gasteiger partial charge in [0, 0.05) is 11.6 Å². The second-order valence-electron chi connectivity index (χ2n) is 3.93. The van der Waals surface area contributed by atoms with Crippen LogP contribution in [0.1, 0.15) is 11.1 Å². The largest absolute Gasteiger partial charge is 0.379 e. The molecule has 1 N–H and O–H groups in total. The van der Waals surface area contributed by atoms with Crippen molar-refractivity contribution >= 4 is 17.3 Å². The molecule has 2 aromatic rings. The quantitative estimate of drug-likeness (QED) is 0.850. The molecule has 17 heavy (non-hydrogen) atoms. The van der Waals surface area contributed by atoms with E-state index in [9.17, 15) is 4.39 Å². The van der Waals surface area contributed by atoms with Gasteiger partial charge in [0.05, 0.1) is 5.69 Å². The van der Waals surface area contributed by atoms with Crippen molar-refractivity contribution in [3.8, 4) is 0 Å². The van der Waals surface area contributed by atoms with E-state index < -0.39 is 0 Å². The standard InChI is InChI=1S/C14H13ClFN/c1-10-6-7-13(16)14(8-10)17-9-11-4-2-3-5-12(11)15/h2-8,17H,9H2,1H3. The Hall–Kier alpha value is -1.54. The second kappa shape index (κ2) is 5.19. The topological polar surface area (TPSA) is 12.0 Å². The summed E-state index contributed by atoms with van der Waals surface area (Å²) in [5, 5.41) is 3.74. The van der Waals surface area contributed by atoms with E-state index in [2.05, 4.69) is 5.32 Å². The van der Waals surface area contributed by atoms with Gasteiger partial charge in [-0.05, 0) is 36.2 Å². The van der Waals surface area contributed by atoms with Crippen LogP contribution in [0.5, 0.6) is 0 Å². The summed E-state index contributed by atoms with van der Waals surface area (Å²) in [6.45, 7) is 2.44. The van der Waals surface area contributed by atoms with Crippen molar-refractivity contribution in [1.82, 2.24) is 0 Å². The van der Waals surface area contributed by atoms with E-state index in [1.54, 1.807) is 12.1 Å². The predicted octanol–water partition coefficient (Wildman–Crippen LogP) is 4.40. The molecule has 0 saturated heterocycles. The third-order valence-electron chi connectivity index (χ3n) is 2.55. The molecule has 0 bridgehead atoms. The molecule has 0 aliphatic heterocycles. The smallest absolute Gasteiger partial charge is 0.146 e. The molecule has 0 fully saturated rings. The molecule has 2 rings (SSSR count). The van der Waals surface area contributed by atoms with Gasteiger partial charge in [-0.3, -0.25) is 0 Å². The highest BCUT2D eigenvalue weighted by Crippen LogP contribution is 2.19. The number of hydrogen-bond donors (Lipinski definition) is 1. The molecule has 1 nitrogen and oxygen atoms in total. The van der Waals surface area contributed by atoms with Crippen LogP contribution in [0.25, 0.3) is 0 Å². The van der Waals surface area contributed by atoms with Gasteiger partial charge in [-0.2, -0.15) is 0 Å². The van der Waals surface area contributed by atoms with E-state index >= 15 is 0 Å². The van der Waals surface area contributed by atoms with Crippen LogP contribution in [0.2, 0.25) is 5.02 Å². The van der Waals surface area contributed by atoms with Gasteiger partial charge in [-0.25, -0.2) is 4.39 Å². The van der Waals surface area contributed by atoms with Crippen molar-refractivity contribution in [2.24, 2.45) is 0 Å². The molecular weight excluding hydrogens is 237 g/mol. The molecule has 0 spiro atoms. The van der Waals surface area contributed by atoms with Crippen LogP contribution in [0.15, 0.2) is 42.5 Å². The van der Waals surface area contributed by atoms with Gasteiger partial charge in [0.15, 0.2) is 0 Å². The van der Waals surface area contributed by atoms with Gasteiger partial charge in [0.2, 0.25) is 0 Å². The van der Waals surface area contributed by atoms with Gasteiger partial charge in [-0.1, -0.05) is 35.9 Å². The fraction of sp³-hybridized carbons (Fsp3) is 0.143. The number of halogens is 2. The molecule has 0 amide bonds. The van der Waals surface area contributed by atoms with E-state index in [1.165, 1.54) is 6.07 Å². The molecule has 0 radical (unpaired) electrons. The first-order chi connectivity index (χ1) is 8.16. The van der Waals surface area contributed by atoms with Crippen molar-refractivity contribution in [3.05, 3.63) is 64.4 Å². The third-order valence-corrected chi connectivity index (χ3v) is 2.92. The van der Waals surface area contributed by atoms with Crippen LogP contribution in [-0.4, -0.2) is 0 Å². The lowest BCUT2D eigenvalue weighted by atomic mass is 10.2. The Balaban J connectivity index is 2.12. The van der Waals surface area contributed by atoms with E-state index in [4.69, 9.17) is 11.6 Å². The molecule has 0 saturated carbocycles. The first-order valence-electron chi connectivity index (χ1n) is 5.40. The maximum Gasteiger partial charge on any atom is 0.146 e. The average molecular weight is 250 g/mol. The number of hydrogen-bond acceptors (Lipinski definition) is 1. The van der Waals surface area contributed by atoms with Crippen molar-refractivity contribution < 1.29 is 4.39 Å². The molecule has 0 aromatic heterocycles. The van der Waals surface area contributed by atoms with E-state index in [0.29, 0.717) is 17.3 Å². The second-order valence-corrected chi connectivity index (χ2v) is 4.34. The molecule has 0 aliphatic rings. The highest BCUT2D eigenvalue weighted by Gasteiger charge is 2.03. The molecule has 0 atom stereocenters. The Morgan fingerprint density at radius 1 is 1.18 bits per heavy atom. The zero-order valence-electron chi connectivity index (χ0n) is 9.50. The van der Waals surface area contributed by atoms with E-state index in [1.807, 2.05) is 31.2 Å². The fourth-order valence-corrected chi connectivity index (χ4v) is 1.81. The van der Waals surface area contributed by atoms with Crippen molar-refractivity contribution in [2.75, 3.05) is 5.32 Å². The summed E-state index contributed by atoms with van der Waals surface area (Å²) < 4.78 is 13.5. The van der Waals surface area contributed by atoms with Gasteiger partial charge >= 0.3 is 0 Å². The molecule has 2 aromatic carbocycles. The van der Waals surface area contributed by atoms with E-state index in [0.717, 1.165) is 11.1 Å². The number of rotatable bonds is 3. The summed E-state index contributed by atoms with van der Waals surface area (Å²) in [6, 6.07) is 12.5. The van der Waals surface area contributed by atoms with Crippen molar-refractivity contribution in [3.63, 3.8) is 0 Å². The van der Waals surface area contributed by atoms with Crippen LogP contribution in [0.4, 0.5) is 10.1 Å². The predicted molar refractivity (Wildman–Crippen MR) is 69.9 cm³/mol. The summed E-state index contributed by atoms with van der Waals surface area (Å²) in [6.07, 6.45) is 0. The Labute approximate surface area is 105 Å². The van der Waals surface area contributed by atoms with Crippen LogP contribution in [0, 0.1) is 12.7 Å². The summed E-state index contributed by atoms with van der Waals surface area (Å²) in [7, 11) is 0. The monoisotopic (exact) mass is 249 g/mol. The van der Waals surface area contributed by atoms with Crippen LogP contribution >= 0.6 is 11.6 Å². The average Bonchev–Trinajstić information content (AvgIpc) is 2.32. The van der Waals surface area contributed by atoms with Crippen LogP contribution in [0.3, 0.4) is 0 Å². The first-order valence-corrected chi connectivity index (χ1v) is 5.78. The summed E-state index contributed by atoms with van der Waals surface area (Å²) in [5.41, 5.74) is 2.48.